The highest BCUT2D eigenvalue weighted by Crippen LogP contribution is 2.39. The monoisotopic (exact) mass is 479 g/mol. The number of anilines is 2. The normalized spacial score (nSPS) is 13.9. The minimum absolute atomic E-state index is 0.229. The molecule has 0 aromatic heterocycles. The highest BCUT2D eigenvalue weighted by atomic mass is 16.2. The van der Waals surface area contributed by atoms with Gasteiger partial charge in [0.1, 0.15) is 0 Å². The lowest BCUT2D eigenvalue weighted by Gasteiger charge is -2.31. The topological polar surface area (TPSA) is 70.2 Å². The molecule has 0 saturated heterocycles. The molecule has 2 amide bonds. The van der Waals surface area contributed by atoms with Gasteiger partial charge >= 0.3 is 0 Å². The smallest absolute Gasteiger partial charge is 0.254 e. The van der Waals surface area contributed by atoms with E-state index in [-0.39, 0.29) is 11.8 Å². The number of hydrogen-bond acceptors (Lipinski definition) is 3. The third kappa shape index (κ3) is 5.10. The summed E-state index contributed by atoms with van der Waals surface area (Å²) in [5.74, 6) is -0.981. The molecule has 1 aliphatic heterocycles. The van der Waals surface area contributed by atoms with Gasteiger partial charge in [0, 0.05) is 39.8 Å². The molecule has 0 saturated carbocycles. The maximum atomic E-state index is 13.8. The second-order valence-corrected chi connectivity index (χ2v) is 9.27. The number of benzene rings is 3. The van der Waals surface area contributed by atoms with Crippen LogP contribution in [0.1, 0.15) is 48.9 Å². The van der Waals surface area contributed by atoms with Crippen molar-refractivity contribution < 1.29 is 9.59 Å². The first-order valence-electron chi connectivity index (χ1n) is 12.3. The van der Waals surface area contributed by atoms with E-state index in [0.29, 0.717) is 11.1 Å². The van der Waals surface area contributed by atoms with Crippen LogP contribution in [0.15, 0.2) is 95.3 Å². The molecule has 0 bridgehead atoms. The number of allylic oxidation sites excluding steroid dienone is 2. The molecule has 0 spiro atoms. The van der Waals surface area contributed by atoms with Crippen molar-refractivity contribution >= 4 is 23.2 Å². The minimum atomic E-state index is -0.523. The fourth-order valence-corrected chi connectivity index (χ4v) is 4.68. The van der Waals surface area contributed by atoms with Crippen molar-refractivity contribution in [2.24, 2.45) is 0 Å². The number of dihydropyridines is 1. The van der Waals surface area contributed by atoms with Crippen LogP contribution in [0.3, 0.4) is 0 Å². The Morgan fingerprint density at radius 3 is 1.56 bits per heavy atom. The molecule has 1 aliphatic rings. The van der Waals surface area contributed by atoms with E-state index in [2.05, 4.69) is 35.0 Å². The van der Waals surface area contributed by atoms with Crippen molar-refractivity contribution in [1.82, 2.24) is 5.32 Å². The van der Waals surface area contributed by atoms with E-state index in [1.807, 2.05) is 88.4 Å². The van der Waals surface area contributed by atoms with Gasteiger partial charge in [-0.05, 0) is 68.5 Å². The lowest BCUT2D eigenvalue weighted by Crippen LogP contribution is -2.35. The van der Waals surface area contributed by atoms with Gasteiger partial charge < -0.3 is 16.0 Å². The Balaban J connectivity index is 1.78. The molecular formula is C31H33N3O2. The molecule has 0 radical (unpaired) electrons. The first-order valence-corrected chi connectivity index (χ1v) is 12.3. The number of rotatable bonds is 6. The van der Waals surface area contributed by atoms with Crippen LogP contribution in [0.5, 0.6) is 0 Å². The molecule has 0 fully saturated rings. The van der Waals surface area contributed by atoms with Crippen LogP contribution in [0.4, 0.5) is 11.4 Å². The van der Waals surface area contributed by atoms with Gasteiger partial charge in [0.15, 0.2) is 0 Å². The summed E-state index contributed by atoms with van der Waals surface area (Å²) in [5.41, 5.74) is 8.07. The van der Waals surface area contributed by atoms with Crippen molar-refractivity contribution in [2.75, 3.05) is 10.6 Å². The molecule has 3 aromatic carbocycles. The number of carbonyl (C=O) groups is 2. The third-order valence-corrected chi connectivity index (χ3v) is 6.76. The number of aryl methyl sites for hydroxylation is 3. The number of carbonyl (C=O) groups excluding carboxylic acids is 2. The molecule has 4 rings (SSSR count). The van der Waals surface area contributed by atoms with Crippen LogP contribution >= 0.6 is 0 Å². The average molecular weight is 480 g/mol. The Kier molecular flexibility index (Phi) is 7.39. The second-order valence-electron chi connectivity index (χ2n) is 9.27. The van der Waals surface area contributed by atoms with Gasteiger partial charge in [0.05, 0.1) is 0 Å². The lowest BCUT2D eigenvalue weighted by atomic mass is 9.79. The van der Waals surface area contributed by atoms with Crippen LogP contribution in [-0.2, 0) is 16.0 Å². The van der Waals surface area contributed by atoms with E-state index in [9.17, 15) is 9.59 Å². The molecule has 5 heteroatoms. The van der Waals surface area contributed by atoms with Gasteiger partial charge in [-0.25, -0.2) is 0 Å². The fourth-order valence-electron chi connectivity index (χ4n) is 4.68. The second kappa shape index (κ2) is 10.6. The zero-order valence-corrected chi connectivity index (χ0v) is 21.5. The Morgan fingerprint density at radius 1 is 0.694 bits per heavy atom. The van der Waals surface area contributed by atoms with Crippen LogP contribution in [0, 0.1) is 13.8 Å². The van der Waals surface area contributed by atoms with Gasteiger partial charge in [-0.2, -0.15) is 0 Å². The van der Waals surface area contributed by atoms with Crippen molar-refractivity contribution in [2.45, 2.75) is 47.0 Å². The van der Waals surface area contributed by atoms with E-state index >= 15 is 0 Å². The van der Waals surface area contributed by atoms with E-state index in [1.54, 1.807) is 0 Å². The molecule has 184 valence electrons. The Bertz CT molecular complexity index is 1290. The summed E-state index contributed by atoms with van der Waals surface area (Å²) in [4.78, 5) is 27.5. The molecule has 0 atom stereocenters. The standard InChI is InChI=1S/C31H33N3O2/c1-6-23-15-17-24(18-16-23)29-27(30(35)33-25-13-9-7-11-19(25)2)21(4)32-22(5)28(29)31(36)34-26-14-10-8-12-20(26)3/h7-18,29,32H,6H2,1-5H3,(H,33,35)(H,34,36). The van der Waals surface area contributed by atoms with Gasteiger partial charge in [0.2, 0.25) is 0 Å². The van der Waals surface area contributed by atoms with Crippen LogP contribution in [0.2, 0.25) is 0 Å². The zero-order chi connectivity index (χ0) is 25.8. The lowest BCUT2D eigenvalue weighted by molar-refractivity contribution is -0.113. The zero-order valence-electron chi connectivity index (χ0n) is 21.5. The van der Waals surface area contributed by atoms with Gasteiger partial charge in [-0.15, -0.1) is 0 Å². The molecular weight excluding hydrogens is 446 g/mol. The number of nitrogens with one attached hydrogen (secondary N) is 3. The first-order chi connectivity index (χ1) is 17.3. The minimum Gasteiger partial charge on any atom is -0.362 e. The molecule has 0 unspecified atom stereocenters. The predicted octanol–water partition coefficient (Wildman–Crippen LogP) is 6.38. The average Bonchev–Trinajstić information content (AvgIpc) is 2.86. The summed E-state index contributed by atoms with van der Waals surface area (Å²) >= 11 is 0. The first kappa shape index (κ1) is 25.0. The van der Waals surface area contributed by atoms with Crippen LogP contribution < -0.4 is 16.0 Å². The third-order valence-electron chi connectivity index (χ3n) is 6.76. The quantitative estimate of drug-likeness (QED) is 0.384. The summed E-state index contributed by atoms with van der Waals surface area (Å²) in [6, 6.07) is 23.6. The van der Waals surface area contributed by atoms with E-state index in [4.69, 9.17) is 0 Å². The molecule has 5 nitrogen and oxygen atoms in total. The van der Waals surface area contributed by atoms with Crippen molar-refractivity contribution in [3.05, 3.63) is 118 Å². The fraction of sp³-hybridized carbons (Fsp3) is 0.226. The highest BCUT2D eigenvalue weighted by molar-refractivity contribution is 6.12. The van der Waals surface area contributed by atoms with E-state index in [0.717, 1.165) is 45.9 Å². The number of amides is 2. The van der Waals surface area contributed by atoms with Crippen LogP contribution in [-0.4, -0.2) is 11.8 Å². The molecule has 0 aliphatic carbocycles. The van der Waals surface area contributed by atoms with Gasteiger partial charge in [-0.3, -0.25) is 9.59 Å². The van der Waals surface area contributed by atoms with Gasteiger partial charge in [-0.1, -0.05) is 67.6 Å². The summed E-state index contributed by atoms with van der Waals surface area (Å²) < 4.78 is 0. The largest absolute Gasteiger partial charge is 0.362 e. The molecule has 1 heterocycles. The Hall–Kier alpha value is -4.12. The van der Waals surface area contributed by atoms with Crippen molar-refractivity contribution in [3.63, 3.8) is 0 Å². The highest BCUT2D eigenvalue weighted by Gasteiger charge is 2.36. The summed E-state index contributed by atoms with van der Waals surface area (Å²) in [6.07, 6.45) is 0.914. The summed E-state index contributed by atoms with van der Waals surface area (Å²) in [5, 5.41) is 9.45. The van der Waals surface area contributed by atoms with Crippen molar-refractivity contribution in [1.29, 1.82) is 0 Å². The van der Waals surface area contributed by atoms with E-state index in [1.165, 1.54) is 5.56 Å². The summed E-state index contributed by atoms with van der Waals surface area (Å²) in [6.45, 7) is 9.80. The van der Waals surface area contributed by atoms with E-state index < -0.39 is 5.92 Å². The molecule has 36 heavy (non-hydrogen) atoms. The SMILES string of the molecule is CCc1ccc(C2C(C(=O)Nc3ccccc3C)=C(C)NC(C)=C2C(=O)Nc2ccccc2C)cc1. The van der Waals surface area contributed by atoms with Gasteiger partial charge in [0.25, 0.3) is 11.8 Å². The Labute approximate surface area is 213 Å². The maximum absolute atomic E-state index is 13.8. The number of hydrogen-bond donors (Lipinski definition) is 3. The maximum Gasteiger partial charge on any atom is 0.254 e. The number of para-hydroxylation sites is 2. The van der Waals surface area contributed by atoms with Crippen molar-refractivity contribution in [3.8, 4) is 0 Å². The molecule has 3 N–H and O–H groups in total. The Morgan fingerprint density at radius 2 is 1.14 bits per heavy atom. The molecule has 3 aromatic rings. The summed E-state index contributed by atoms with van der Waals surface area (Å²) in [7, 11) is 0. The van der Waals surface area contributed by atoms with Crippen LogP contribution in [0.25, 0.3) is 0 Å². The predicted molar refractivity (Wildman–Crippen MR) is 147 cm³/mol.